The van der Waals surface area contributed by atoms with Crippen molar-refractivity contribution in [1.82, 2.24) is 5.32 Å². The second-order valence-corrected chi connectivity index (χ2v) is 4.32. The van der Waals surface area contributed by atoms with Gasteiger partial charge in [0.2, 0.25) is 0 Å². The van der Waals surface area contributed by atoms with Crippen LogP contribution in [0.1, 0.15) is 23.7 Å². The van der Waals surface area contributed by atoms with E-state index in [1.165, 1.54) is 12.1 Å². The SMILES string of the molecule is CC1(C(=O)c2ccc(F)cc2)CCNC1. The van der Waals surface area contributed by atoms with Gasteiger partial charge in [0.05, 0.1) is 0 Å². The highest BCUT2D eigenvalue weighted by Crippen LogP contribution is 2.29. The third-order valence-corrected chi connectivity index (χ3v) is 3.02. The molecule has 2 rings (SSSR count). The Morgan fingerprint density at radius 3 is 2.60 bits per heavy atom. The van der Waals surface area contributed by atoms with Gasteiger partial charge < -0.3 is 5.32 Å². The Balaban J connectivity index is 2.24. The monoisotopic (exact) mass is 207 g/mol. The third kappa shape index (κ3) is 1.92. The van der Waals surface area contributed by atoms with Crippen LogP contribution in [0.2, 0.25) is 0 Å². The summed E-state index contributed by atoms with van der Waals surface area (Å²) in [5.41, 5.74) is 0.278. The van der Waals surface area contributed by atoms with Crippen LogP contribution >= 0.6 is 0 Å². The molecule has 0 saturated carbocycles. The van der Waals surface area contributed by atoms with Crippen LogP contribution in [-0.2, 0) is 0 Å². The van der Waals surface area contributed by atoms with E-state index in [2.05, 4.69) is 5.32 Å². The molecule has 80 valence electrons. The number of carbonyl (C=O) groups is 1. The minimum Gasteiger partial charge on any atom is -0.316 e. The van der Waals surface area contributed by atoms with Crippen molar-refractivity contribution in [1.29, 1.82) is 0 Å². The molecule has 0 aliphatic carbocycles. The van der Waals surface area contributed by atoms with E-state index in [1.54, 1.807) is 12.1 Å². The first-order valence-electron chi connectivity index (χ1n) is 5.13. The Morgan fingerprint density at radius 2 is 2.07 bits per heavy atom. The lowest BCUT2D eigenvalue weighted by molar-refractivity contribution is 0.0839. The van der Waals surface area contributed by atoms with Crippen LogP contribution in [0.25, 0.3) is 0 Å². The summed E-state index contributed by atoms with van der Waals surface area (Å²) in [4.78, 5) is 12.1. The molecular formula is C12H14FNO. The van der Waals surface area contributed by atoms with E-state index in [0.717, 1.165) is 13.0 Å². The Hall–Kier alpha value is -1.22. The number of hydrogen-bond donors (Lipinski definition) is 1. The first-order chi connectivity index (χ1) is 7.12. The summed E-state index contributed by atoms with van der Waals surface area (Å²) in [5, 5.41) is 3.18. The maximum atomic E-state index is 12.7. The molecular weight excluding hydrogens is 193 g/mol. The van der Waals surface area contributed by atoms with Crippen LogP contribution < -0.4 is 5.32 Å². The zero-order valence-corrected chi connectivity index (χ0v) is 8.72. The Labute approximate surface area is 88.5 Å². The summed E-state index contributed by atoms with van der Waals surface area (Å²) in [7, 11) is 0. The normalized spacial score (nSPS) is 25.5. The van der Waals surface area contributed by atoms with Crippen molar-refractivity contribution in [2.75, 3.05) is 13.1 Å². The number of ketones is 1. The molecule has 0 spiro atoms. The van der Waals surface area contributed by atoms with Gasteiger partial charge in [-0.3, -0.25) is 4.79 Å². The number of carbonyl (C=O) groups excluding carboxylic acids is 1. The highest BCUT2D eigenvalue weighted by molar-refractivity contribution is 6.00. The predicted octanol–water partition coefficient (Wildman–Crippen LogP) is 2.01. The maximum absolute atomic E-state index is 12.7. The zero-order chi connectivity index (χ0) is 10.9. The van der Waals surface area contributed by atoms with Gasteiger partial charge in [0.25, 0.3) is 0 Å². The van der Waals surface area contributed by atoms with Crippen LogP contribution in [0.5, 0.6) is 0 Å². The molecule has 1 aromatic rings. The lowest BCUT2D eigenvalue weighted by Crippen LogP contribution is -2.30. The van der Waals surface area contributed by atoms with Gasteiger partial charge in [-0.15, -0.1) is 0 Å². The van der Waals surface area contributed by atoms with Gasteiger partial charge >= 0.3 is 0 Å². The summed E-state index contributed by atoms with van der Waals surface area (Å²) in [5.74, 6) is -0.200. The smallest absolute Gasteiger partial charge is 0.170 e. The lowest BCUT2D eigenvalue weighted by Gasteiger charge is -2.20. The Kier molecular flexibility index (Phi) is 2.57. The van der Waals surface area contributed by atoms with Crippen molar-refractivity contribution in [2.24, 2.45) is 5.41 Å². The van der Waals surface area contributed by atoms with Crippen LogP contribution in [0, 0.1) is 11.2 Å². The van der Waals surface area contributed by atoms with Gasteiger partial charge in [-0.2, -0.15) is 0 Å². The summed E-state index contributed by atoms with van der Waals surface area (Å²) in [6.45, 7) is 3.55. The van der Waals surface area contributed by atoms with Gasteiger partial charge in [-0.25, -0.2) is 4.39 Å². The molecule has 1 aromatic carbocycles. The molecule has 1 saturated heterocycles. The second kappa shape index (κ2) is 3.74. The minimum atomic E-state index is -0.322. The van der Waals surface area contributed by atoms with E-state index in [0.29, 0.717) is 12.1 Å². The highest BCUT2D eigenvalue weighted by atomic mass is 19.1. The molecule has 0 aromatic heterocycles. The molecule has 15 heavy (non-hydrogen) atoms. The lowest BCUT2D eigenvalue weighted by atomic mass is 9.81. The number of halogens is 1. The largest absolute Gasteiger partial charge is 0.316 e. The quantitative estimate of drug-likeness (QED) is 0.751. The molecule has 0 radical (unpaired) electrons. The molecule has 1 aliphatic rings. The summed E-state index contributed by atoms with van der Waals surface area (Å²) < 4.78 is 12.7. The summed E-state index contributed by atoms with van der Waals surface area (Å²) in [6, 6.07) is 5.78. The predicted molar refractivity (Wildman–Crippen MR) is 56.3 cm³/mol. The van der Waals surface area contributed by atoms with Crippen LogP contribution in [-0.4, -0.2) is 18.9 Å². The Morgan fingerprint density at radius 1 is 1.40 bits per heavy atom. The highest BCUT2D eigenvalue weighted by Gasteiger charge is 2.36. The molecule has 1 atom stereocenters. The number of nitrogens with one attached hydrogen (secondary N) is 1. The van der Waals surface area contributed by atoms with Crippen LogP contribution in [0.3, 0.4) is 0 Å². The first kappa shape index (κ1) is 10.3. The van der Waals surface area contributed by atoms with Crippen LogP contribution in [0.15, 0.2) is 24.3 Å². The van der Waals surface area contributed by atoms with Gasteiger partial charge in [-0.1, -0.05) is 6.92 Å². The van der Waals surface area contributed by atoms with E-state index in [4.69, 9.17) is 0 Å². The van der Waals surface area contributed by atoms with E-state index in [1.807, 2.05) is 6.92 Å². The third-order valence-electron chi connectivity index (χ3n) is 3.02. The molecule has 1 N–H and O–H groups in total. The maximum Gasteiger partial charge on any atom is 0.170 e. The number of hydrogen-bond acceptors (Lipinski definition) is 2. The van der Waals surface area contributed by atoms with Gasteiger partial charge in [-0.05, 0) is 37.2 Å². The fourth-order valence-electron chi connectivity index (χ4n) is 1.96. The molecule has 0 bridgehead atoms. The van der Waals surface area contributed by atoms with E-state index in [-0.39, 0.29) is 17.0 Å². The fraction of sp³-hybridized carbons (Fsp3) is 0.417. The van der Waals surface area contributed by atoms with E-state index >= 15 is 0 Å². The molecule has 0 amide bonds. The number of benzene rings is 1. The fourth-order valence-corrected chi connectivity index (χ4v) is 1.96. The second-order valence-electron chi connectivity index (χ2n) is 4.32. The van der Waals surface area contributed by atoms with Crippen LogP contribution in [0.4, 0.5) is 4.39 Å². The zero-order valence-electron chi connectivity index (χ0n) is 8.72. The van der Waals surface area contributed by atoms with Crippen molar-refractivity contribution in [3.05, 3.63) is 35.6 Å². The average molecular weight is 207 g/mol. The molecule has 1 unspecified atom stereocenters. The van der Waals surface area contributed by atoms with E-state index < -0.39 is 0 Å². The molecule has 1 heterocycles. The Bertz CT molecular complexity index is 366. The number of Topliss-reactive ketones (excluding diaryl/α,β-unsaturated/α-hetero) is 1. The molecule has 1 aliphatic heterocycles. The van der Waals surface area contributed by atoms with Gasteiger partial charge in [0, 0.05) is 17.5 Å². The molecule has 3 heteroatoms. The van der Waals surface area contributed by atoms with Crippen molar-refractivity contribution >= 4 is 5.78 Å². The van der Waals surface area contributed by atoms with Crippen molar-refractivity contribution in [3.8, 4) is 0 Å². The van der Waals surface area contributed by atoms with Gasteiger partial charge in [0.1, 0.15) is 5.82 Å². The van der Waals surface area contributed by atoms with Crippen molar-refractivity contribution in [3.63, 3.8) is 0 Å². The standard InChI is InChI=1S/C12H14FNO/c1-12(6-7-14-8-12)11(15)9-2-4-10(13)5-3-9/h2-5,14H,6-8H2,1H3. The average Bonchev–Trinajstić information content (AvgIpc) is 2.67. The summed E-state index contributed by atoms with van der Waals surface area (Å²) in [6.07, 6.45) is 0.850. The van der Waals surface area contributed by atoms with Crippen molar-refractivity contribution in [2.45, 2.75) is 13.3 Å². The van der Waals surface area contributed by atoms with E-state index in [9.17, 15) is 9.18 Å². The van der Waals surface area contributed by atoms with Gasteiger partial charge in [0.15, 0.2) is 5.78 Å². The molecule has 1 fully saturated rings. The minimum absolute atomic E-state index is 0.104. The summed E-state index contributed by atoms with van der Waals surface area (Å²) >= 11 is 0. The number of rotatable bonds is 2. The topological polar surface area (TPSA) is 29.1 Å². The molecule has 2 nitrogen and oxygen atoms in total. The first-order valence-corrected chi connectivity index (χ1v) is 5.13. The van der Waals surface area contributed by atoms with Crippen molar-refractivity contribution < 1.29 is 9.18 Å².